The molecule has 17 heavy (non-hydrogen) atoms. The van der Waals surface area contributed by atoms with Crippen LogP contribution in [0.3, 0.4) is 0 Å². The third kappa shape index (κ3) is 4.14. The Kier molecular flexibility index (Phi) is 7.86. The first kappa shape index (κ1) is 16.1. The van der Waals surface area contributed by atoms with E-state index in [0.717, 1.165) is 0 Å². The highest BCUT2D eigenvalue weighted by atomic mass is 35.5. The first-order chi connectivity index (χ1) is 8.11. The molecule has 7 heteroatoms. The van der Waals surface area contributed by atoms with Crippen LogP contribution in [0.1, 0.15) is 13.8 Å². The SMILES string of the molecule is CCOC(CCl)(OCC)/C(=N/OC)C(=O)OC. The molecule has 0 saturated heterocycles. The van der Waals surface area contributed by atoms with E-state index < -0.39 is 11.8 Å². The lowest BCUT2D eigenvalue weighted by Crippen LogP contribution is -2.50. The van der Waals surface area contributed by atoms with E-state index in [0.29, 0.717) is 13.2 Å². The number of oxime groups is 1. The minimum atomic E-state index is -1.45. The van der Waals surface area contributed by atoms with Gasteiger partial charge < -0.3 is 19.0 Å². The van der Waals surface area contributed by atoms with Gasteiger partial charge in [-0.25, -0.2) is 4.79 Å². The van der Waals surface area contributed by atoms with Crippen LogP contribution in [0.25, 0.3) is 0 Å². The van der Waals surface area contributed by atoms with E-state index in [9.17, 15) is 4.79 Å². The Balaban J connectivity index is 5.32. The van der Waals surface area contributed by atoms with Crippen molar-refractivity contribution >= 4 is 23.3 Å². The lowest BCUT2D eigenvalue weighted by molar-refractivity contribution is -0.175. The molecule has 0 aromatic rings. The zero-order valence-electron chi connectivity index (χ0n) is 10.5. The summed E-state index contributed by atoms with van der Waals surface area (Å²) in [5, 5.41) is 3.58. The van der Waals surface area contributed by atoms with Crippen LogP contribution in [-0.2, 0) is 23.8 Å². The molecule has 0 aromatic carbocycles. The first-order valence-corrected chi connectivity index (χ1v) is 5.69. The van der Waals surface area contributed by atoms with Crippen molar-refractivity contribution in [1.29, 1.82) is 0 Å². The number of methoxy groups -OCH3 is 1. The van der Waals surface area contributed by atoms with E-state index in [4.69, 9.17) is 21.1 Å². The predicted octanol–water partition coefficient (Wildman–Crippen LogP) is 1.17. The number of carbonyl (C=O) groups is 1. The second-order valence-electron chi connectivity index (χ2n) is 2.87. The number of esters is 1. The number of rotatable bonds is 8. The van der Waals surface area contributed by atoms with Gasteiger partial charge in [0.1, 0.15) is 7.11 Å². The molecule has 0 amide bonds. The summed E-state index contributed by atoms with van der Waals surface area (Å²) in [7, 11) is 2.53. The van der Waals surface area contributed by atoms with Gasteiger partial charge in [0.2, 0.25) is 11.5 Å². The van der Waals surface area contributed by atoms with Crippen molar-refractivity contribution in [3.8, 4) is 0 Å². The molecular formula is C10H18ClNO5. The van der Waals surface area contributed by atoms with Crippen LogP contribution >= 0.6 is 11.6 Å². The smallest absolute Gasteiger partial charge is 0.361 e. The van der Waals surface area contributed by atoms with Gasteiger partial charge in [0.15, 0.2) is 0 Å². The molecular weight excluding hydrogens is 250 g/mol. The molecule has 0 aliphatic rings. The number of nitrogens with zero attached hydrogens (tertiary/aromatic N) is 1. The van der Waals surface area contributed by atoms with Crippen molar-refractivity contribution in [3.05, 3.63) is 0 Å². The maximum absolute atomic E-state index is 11.6. The first-order valence-electron chi connectivity index (χ1n) is 5.15. The van der Waals surface area contributed by atoms with E-state index in [1.54, 1.807) is 13.8 Å². The molecule has 6 nitrogen and oxygen atoms in total. The minimum absolute atomic E-state index is 0.105. The minimum Gasteiger partial charge on any atom is -0.464 e. The van der Waals surface area contributed by atoms with Crippen molar-refractivity contribution in [2.24, 2.45) is 5.16 Å². The van der Waals surface area contributed by atoms with Crippen LogP contribution in [-0.4, -0.2) is 50.8 Å². The molecule has 0 N–H and O–H groups in total. The number of carbonyl (C=O) groups excluding carboxylic acids is 1. The number of ether oxygens (including phenoxy) is 3. The van der Waals surface area contributed by atoms with Gasteiger partial charge in [0.25, 0.3) is 0 Å². The van der Waals surface area contributed by atoms with Gasteiger partial charge in [-0.3, -0.25) is 0 Å². The second kappa shape index (κ2) is 8.27. The Morgan fingerprint density at radius 3 is 2.06 bits per heavy atom. The second-order valence-corrected chi connectivity index (χ2v) is 3.13. The molecule has 0 fully saturated rings. The molecule has 0 bridgehead atoms. The van der Waals surface area contributed by atoms with Crippen molar-refractivity contribution < 1.29 is 23.8 Å². The summed E-state index contributed by atoms with van der Waals surface area (Å²) in [6.45, 7) is 4.10. The molecule has 0 saturated carbocycles. The standard InChI is InChI=1S/C10H18ClNO5/c1-5-16-10(7-11,17-6-2)8(12-15-4)9(13)14-3/h5-7H2,1-4H3/b12-8+. The molecule has 0 aliphatic heterocycles. The van der Waals surface area contributed by atoms with E-state index in [2.05, 4.69) is 14.7 Å². The van der Waals surface area contributed by atoms with E-state index in [-0.39, 0.29) is 11.6 Å². The molecule has 0 aliphatic carbocycles. The van der Waals surface area contributed by atoms with E-state index in [1.165, 1.54) is 14.2 Å². The van der Waals surface area contributed by atoms with Crippen LogP contribution in [0.5, 0.6) is 0 Å². The van der Waals surface area contributed by atoms with Gasteiger partial charge in [-0.2, -0.15) is 0 Å². The van der Waals surface area contributed by atoms with Crippen molar-refractivity contribution in [2.75, 3.05) is 33.3 Å². The molecule has 0 radical (unpaired) electrons. The molecule has 0 atom stereocenters. The molecule has 0 heterocycles. The molecule has 100 valence electrons. The number of hydrogen-bond acceptors (Lipinski definition) is 6. The fourth-order valence-electron chi connectivity index (χ4n) is 1.24. The molecule has 0 unspecified atom stereocenters. The highest BCUT2D eigenvalue weighted by Crippen LogP contribution is 2.19. The molecule has 0 rings (SSSR count). The Morgan fingerprint density at radius 1 is 1.24 bits per heavy atom. The van der Waals surface area contributed by atoms with Crippen LogP contribution < -0.4 is 0 Å². The average molecular weight is 268 g/mol. The Bertz CT molecular complexity index is 263. The lowest BCUT2D eigenvalue weighted by atomic mass is 10.2. The monoisotopic (exact) mass is 267 g/mol. The van der Waals surface area contributed by atoms with Crippen LogP contribution in [0.4, 0.5) is 0 Å². The quantitative estimate of drug-likeness (QED) is 0.217. The van der Waals surface area contributed by atoms with Gasteiger partial charge in [-0.05, 0) is 13.8 Å². The van der Waals surface area contributed by atoms with Crippen molar-refractivity contribution in [1.82, 2.24) is 0 Å². The lowest BCUT2D eigenvalue weighted by Gasteiger charge is -2.30. The summed E-state index contributed by atoms with van der Waals surface area (Å²) in [4.78, 5) is 16.2. The highest BCUT2D eigenvalue weighted by Gasteiger charge is 2.43. The summed E-state index contributed by atoms with van der Waals surface area (Å²) in [5.41, 5.74) is -0.152. The highest BCUT2D eigenvalue weighted by molar-refractivity contribution is 6.40. The number of halogens is 1. The summed E-state index contributed by atoms with van der Waals surface area (Å²) >= 11 is 5.82. The normalized spacial score (nSPS) is 12.4. The largest absolute Gasteiger partial charge is 0.464 e. The average Bonchev–Trinajstić information content (AvgIpc) is 2.34. The summed E-state index contributed by atoms with van der Waals surface area (Å²) < 4.78 is 15.4. The van der Waals surface area contributed by atoms with Crippen LogP contribution in [0.2, 0.25) is 0 Å². The maximum atomic E-state index is 11.6. The zero-order chi connectivity index (χ0) is 13.3. The van der Waals surface area contributed by atoms with E-state index in [1.807, 2.05) is 0 Å². The summed E-state index contributed by atoms with van der Waals surface area (Å²) in [6.07, 6.45) is 0. The Hall–Kier alpha value is -0.850. The van der Waals surface area contributed by atoms with E-state index >= 15 is 0 Å². The molecule has 0 aromatic heterocycles. The summed E-state index contributed by atoms with van der Waals surface area (Å²) in [6, 6.07) is 0. The Labute approximate surface area is 106 Å². The van der Waals surface area contributed by atoms with Crippen LogP contribution in [0, 0.1) is 0 Å². The van der Waals surface area contributed by atoms with Gasteiger partial charge in [0, 0.05) is 13.2 Å². The van der Waals surface area contributed by atoms with Gasteiger partial charge in [-0.15, -0.1) is 11.6 Å². The molecule has 0 spiro atoms. The number of hydrogen-bond donors (Lipinski definition) is 0. The maximum Gasteiger partial charge on any atom is 0.361 e. The third-order valence-electron chi connectivity index (χ3n) is 1.85. The number of alkyl halides is 1. The fraction of sp³-hybridized carbons (Fsp3) is 0.800. The van der Waals surface area contributed by atoms with Crippen LogP contribution in [0.15, 0.2) is 5.16 Å². The van der Waals surface area contributed by atoms with Crippen molar-refractivity contribution in [3.63, 3.8) is 0 Å². The third-order valence-corrected chi connectivity index (χ3v) is 2.20. The van der Waals surface area contributed by atoms with Crippen molar-refractivity contribution in [2.45, 2.75) is 19.6 Å². The van der Waals surface area contributed by atoms with Gasteiger partial charge >= 0.3 is 5.97 Å². The zero-order valence-corrected chi connectivity index (χ0v) is 11.2. The fourth-order valence-corrected chi connectivity index (χ4v) is 1.52. The van der Waals surface area contributed by atoms with Gasteiger partial charge in [0.05, 0.1) is 13.0 Å². The Morgan fingerprint density at radius 2 is 1.76 bits per heavy atom. The van der Waals surface area contributed by atoms with Gasteiger partial charge in [-0.1, -0.05) is 5.16 Å². The topological polar surface area (TPSA) is 66.3 Å². The summed E-state index contributed by atoms with van der Waals surface area (Å²) in [5.74, 6) is -2.27. The predicted molar refractivity (Wildman–Crippen MR) is 63.2 cm³/mol.